The maximum absolute atomic E-state index is 12.8. The summed E-state index contributed by atoms with van der Waals surface area (Å²) in [7, 11) is 3.93. The van der Waals surface area contributed by atoms with E-state index in [0.717, 1.165) is 25.1 Å². The zero-order valence-corrected chi connectivity index (χ0v) is 17.6. The fourth-order valence-corrected chi connectivity index (χ4v) is 3.00. The highest BCUT2D eigenvalue weighted by Gasteiger charge is 2.29. The van der Waals surface area contributed by atoms with Gasteiger partial charge in [0, 0.05) is 25.2 Å². The molecule has 0 atom stereocenters. The number of rotatable bonds is 9. The number of nitro benzene ring substituents is 1. The molecule has 2 aromatic carbocycles. The molecule has 0 bridgehead atoms. The van der Waals surface area contributed by atoms with E-state index in [1.165, 1.54) is 30.3 Å². The van der Waals surface area contributed by atoms with Gasteiger partial charge in [-0.2, -0.15) is 13.2 Å². The van der Waals surface area contributed by atoms with Gasteiger partial charge in [0.25, 0.3) is 5.69 Å². The number of nitrogens with zero attached hydrogens (tertiary/aromatic N) is 4. The average Bonchev–Trinajstić information content (AvgIpc) is 2.74. The molecule has 0 fully saturated rings. The molecular formula is C21H23F3N6O2. The van der Waals surface area contributed by atoms with Crippen LogP contribution in [0.25, 0.3) is 11.0 Å². The van der Waals surface area contributed by atoms with Crippen LogP contribution in [-0.2, 0) is 12.7 Å². The number of nitrogens with one attached hydrogen (secondary N) is 2. The van der Waals surface area contributed by atoms with Gasteiger partial charge in [-0.3, -0.25) is 10.1 Å². The fraction of sp³-hybridized carbons (Fsp3) is 0.333. The molecular weight excluding hydrogens is 425 g/mol. The van der Waals surface area contributed by atoms with Crippen LogP contribution in [0.2, 0.25) is 0 Å². The number of halogens is 3. The van der Waals surface area contributed by atoms with Gasteiger partial charge >= 0.3 is 6.18 Å². The van der Waals surface area contributed by atoms with Crippen molar-refractivity contribution in [3.05, 3.63) is 63.7 Å². The Morgan fingerprint density at radius 1 is 1.00 bits per heavy atom. The van der Waals surface area contributed by atoms with Gasteiger partial charge in [0.15, 0.2) is 11.6 Å². The van der Waals surface area contributed by atoms with Crippen LogP contribution in [0, 0.1) is 10.1 Å². The van der Waals surface area contributed by atoms with Crippen molar-refractivity contribution < 1.29 is 18.1 Å². The molecule has 0 saturated carbocycles. The normalized spacial score (nSPS) is 11.7. The number of fused-ring (bicyclic) bond motifs is 1. The third kappa shape index (κ3) is 6.03. The van der Waals surface area contributed by atoms with Crippen molar-refractivity contribution in [2.24, 2.45) is 0 Å². The van der Waals surface area contributed by atoms with Gasteiger partial charge in [-0.25, -0.2) is 9.97 Å². The quantitative estimate of drug-likeness (QED) is 0.282. The van der Waals surface area contributed by atoms with Crippen molar-refractivity contribution in [3.8, 4) is 0 Å². The Hall–Kier alpha value is -3.47. The molecule has 8 nitrogen and oxygen atoms in total. The monoisotopic (exact) mass is 448 g/mol. The van der Waals surface area contributed by atoms with E-state index in [2.05, 4.69) is 20.6 Å². The van der Waals surface area contributed by atoms with Gasteiger partial charge in [-0.15, -0.1) is 0 Å². The molecule has 32 heavy (non-hydrogen) atoms. The van der Waals surface area contributed by atoms with Crippen molar-refractivity contribution >= 4 is 28.4 Å². The van der Waals surface area contributed by atoms with Crippen LogP contribution in [0.3, 0.4) is 0 Å². The number of hydrogen-bond donors (Lipinski definition) is 2. The Kier molecular flexibility index (Phi) is 7.08. The van der Waals surface area contributed by atoms with Crippen molar-refractivity contribution in [2.45, 2.75) is 19.1 Å². The van der Waals surface area contributed by atoms with Crippen LogP contribution in [0.4, 0.5) is 30.5 Å². The van der Waals surface area contributed by atoms with Crippen molar-refractivity contribution in [1.82, 2.24) is 14.9 Å². The maximum Gasteiger partial charge on any atom is 0.416 e. The van der Waals surface area contributed by atoms with Crippen LogP contribution in [0.1, 0.15) is 17.5 Å². The van der Waals surface area contributed by atoms with Crippen LogP contribution in [0.15, 0.2) is 42.5 Å². The number of aromatic nitrogens is 2. The van der Waals surface area contributed by atoms with E-state index < -0.39 is 16.7 Å². The number of non-ortho nitro benzene ring substituents is 1. The zero-order chi connectivity index (χ0) is 23.3. The molecule has 0 radical (unpaired) electrons. The molecule has 0 unspecified atom stereocenters. The number of anilines is 2. The molecule has 0 aliphatic heterocycles. The van der Waals surface area contributed by atoms with E-state index in [4.69, 9.17) is 0 Å². The minimum absolute atomic E-state index is 0.0872. The smallest absolute Gasteiger partial charge is 0.367 e. The van der Waals surface area contributed by atoms with E-state index in [1.54, 1.807) is 0 Å². The Morgan fingerprint density at radius 3 is 2.28 bits per heavy atom. The number of hydrogen-bond acceptors (Lipinski definition) is 7. The molecule has 3 aromatic rings. The molecule has 170 valence electrons. The van der Waals surface area contributed by atoms with Gasteiger partial charge in [-0.1, -0.05) is 12.1 Å². The second kappa shape index (κ2) is 9.77. The molecule has 2 N–H and O–H groups in total. The summed E-state index contributed by atoms with van der Waals surface area (Å²) in [5.41, 5.74) is 0.674. The summed E-state index contributed by atoms with van der Waals surface area (Å²) in [5, 5.41) is 17.4. The van der Waals surface area contributed by atoms with E-state index >= 15 is 0 Å². The molecule has 1 aromatic heterocycles. The third-order valence-corrected chi connectivity index (χ3v) is 4.67. The standard InChI is InChI=1S/C21H23F3N6O2/c1-29(2)11-3-10-25-19-20(26-13-14-4-6-15(7-5-14)21(22,23)24)27-17-9-8-16(30(31)32)12-18(17)28-19/h4-9,12H,3,10-11,13H2,1-2H3,(H,25,28)(H,26,27). The summed E-state index contributed by atoms with van der Waals surface area (Å²) in [6.45, 7) is 1.69. The van der Waals surface area contributed by atoms with Gasteiger partial charge in [-0.05, 0) is 50.8 Å². The zero-order valence-electron chi connectivity index (χ0n) is 17.6. The molecule has 11 heteroatoms. The lowest BCUT2D eigenvalue weighted by molar-refractivity contribution is -0.384. The maximum atomic E-state index is 12.8. The Bertz CT molecular complexity index is 1090. The van der Waals surface area contributed by atoms with Gasteiger partial charge < -0.3 is 15.5 Å². The van der Waals surface area contributed by atoms with E-state index in [0.29, 0.717) is 34.8 Å². The fourth-order valence-electron chi connectivity index (χ4n) is 3.00. The lowest BCUT2D eigenvalue weighted by Crippen LogP contribution is -2.17. The minimum atomic E-state index is -4.39. The number of benzene rings is 2. The topological polar surface area (TPSA) is 96.2 Å². The Labute approximate surface area is 182 Å². The van der Waals surface area contributed by atoms with Crippen molar-refractivity contribution in [2.75, 3.05) is 37.8 Å². The highest BCUT2D eigenvalue weighted by Crippen LogP contribution is 2.29. The summed E-state index contributed by atoms with van der Waals surface area (Å²) >= 11 is 0. The average molecular weight is 448 g/mol. The summed E-state index contributed by atoms with van der Waals surface area (Å²) in [6, 6.07) is 9.08. The molecule has 0 aliphatic carbocycles. The number of nitro groups is 1. The highest BCUT2D eigenvalue weighted by atomic mass is 19.4. The van der Waals surface area contributed by atoms with Crippen LogP contribution < -0.4 is 10.6 Å². The largest absolute Gasteiger partial charge is 0.416 e. The van der Waals surface area contributed by atoms with Crippen molar-refractivity contribution in [1.29, 1.82) is 0 Å². The summed E-state index contributed by atoms with van der Waals surface area (Å²) in [5.74, 6) is 0.833. The first kappa shape index (κ1) is 23.2. The predicted molar refractivity (Wildman–Crippen MR) is 117 cm³/mol. The third-order valence-electron chi connectivity index (χ3n) is 4.67. The van der Waals surface area contributed by atoms with Crippen molar-refractivity contribution in [3.63, 3.8) is 0 Å². The second-order valence-electron chi connectivity index (χ2n) is 7.48. The highest BCUT2D eigenvalue weighted by molar-refractivity contribution is 5.82. The molecule has 0 amide bonds. The second-order valence-corrected chi connectivity index (χ2v) is 7.48. The summed E-state index contributed by atoms with van der Waals surface area (Å²) < 4.78 is 38.3. The molecule has 0 aliphatic rings. The van der Waals surface area contributed by atoms with E-state index in [9.17, 15) is 23.3 Å². The molecule has 0 saturated heterocycles. The first-order valence-corrected chi connectivity index (χ1v) is 9.88. The van der Waals surface area contributed by atoms with E-state index in [-0.39, 0.29) is 12.2 Å². The SMILES string of the molecule is CN(C)CCCNc1nc2cc([N+](=O)[O-])ccc2nc1NCc1ccc(C(F)(F)F)cc1. The summed E-state index contributed by atoms with van der Waals surface area (Å²) in [4.78, 5) is 21.6. The Balaban J connectivity index is 1.82. The number of alkyl halides is 3. The molecule has 0 spiro atoms. The first-order valence-electron chi connectivity index (χ1n) is 9.88. The lowest BCUT2D eigenvalue weighted by atomic mass is 10.1. The van der Waals surface area contributed by atoms with Crippen LogP contribution in [-0.4, -0.2) is 47.0 Å². The minimum Gasteiger partial charge on any atom is -0.367 e. The lowest BCUT2D eigenvalue weighted by Gasteiger charge is -2.15. The molecule has 3 rings (SSSR count). The first-order chi connectivity index (χ1) is 15.1. The van der Waals surface area contributed by atoms with Crippen LogP contribution >= 0.6 is 0 Å². The van der Waals surface area contributed by atoms with E-state index in [1.807, 2.05) is 19.0 Å². The predicted octanol–water partition coefficient (Wildman–Crippen LogP) is 4.53. The van der Waals surface area contributed by atoms with Gasteiger partial charge in [0.05, 0.1) is 21.5 Å². The Morgan fingerprint density at radius 2 is 1.66 bits per heavy atom. The summed E-state index contributed by atoms with van der Waals surface area (Å²) in [6.07, 6.45) is -3.55. The van der Waals surface area contributed by atoms with Crippen LogP contribution in [0.5, 0.6) is 0 Å². The molecule has 1 heterocycles. The van der Waals surface area contributed by atoms with Gasteiger partial charge in [0.2, 0.25) is 0 Å². The van der Waals surface area contributed by atoms with Gasteiger partial charge in [0.1, 0.15) is 0 Å².